The molecule has 0 radical (unpaired) electrons. The summed E-state index contributed by atoms with van der Waals surface area (Å²) < 4.78 is 25.2. The second-order valence-corrected chi connectivity index (χ2v) is 9.13. The van der Waals surface area contributed by atoms with Crippen molar-refractivity contribution >= 4 is 32.8 Å². The summed E-state index contributed by atoms with van der Waals surface area (Å²) in [5.41, 5.74) is 1.80. The second-order valence-electron chi connectivity index (χ2n) is 6.61. The number of phenolic OH excluding ortho intramolecular Hbond substituents is 1. The van der Waals surface area contributed by atoms with Crippen LogP contribution in [0.3, 0.4) is 0 Å². The summed E-state index contributed by atoms with van der Waals surface area (Å²) in [4.78, 5) is 0. The number of aromatic hydroxyl groups is 1. The Morgan fingerprint density at radius 3 is 2.61 bits per heavy atom. The Morgan fingerprint density at radius 1 is 1.11 bits per heavy atom. The highest BCUT2D eigenvalue weighted by atomic mass is 32.2. The fourth-order valence-electron chi connectivity index (χ4n) is 3.26. The van der Waals surface area contributed by atoms with Crippen LogP contribution in [-0.2, 0) is 15.6 Å². The number of H-pyrrole nitrogens is 1. The van der Waals surface area contributed by atoms with Crippen molar-refractivity contribution in [3.8, 4) is 22.8 Å². The minimum absolute atomic E-state index is 0.0587. The van der Waals surface area contributed by atoms with E-state index in [9.17, 15) is 13.5 Å². The van der Waals surface area contributed by atoms with Gasteiger partial charge in [0.1, 0.15) is 5.75 Å². The van der Waals surface area contributed by atoms with Crippen LogP contribution in [-0.4, -0.2) is 34.5 Å². The first-order chi connectivity index (χ1) is 13.3. The maximum Gasteiger partial charge on any atom is 0.200 e. The van der Waals surface area contributed by atoms with Crippen LogP contribution in [0.5, 0.6) is 5.75 Å². The van der Waals surface area contributed by atoms with Crippen LogP contribution >= 0.6 is 12.2 Å². The Labute approximate surface area is 167 Å². The summed E-state index contributed by atoms with van der Waals surface area (Å²) in [6.45, 7) is 0. The lowest BCUT2D eigenvalue weighted by molar-refractivity contribution is 0.476. The van der Waals surface area contributed by atoms with E-state index in [1.165, 1.54) is 6.07 Å². The van der Waals surface area contributed by atoms with Gasteiger partial charge in [-0.15, -0.1) is 0 Å². The maximum atomic E-state index is 11.5. The summed E-state index contributed by atoms with van der Waals surface area (Å²) in [5.74, 6) is 0.248. The summed E-state index contributed by atoms with van der Waals surface area (Å²) in [5, 5.41) is 19.7. The summed E-state index contributed by atoms with van der Waals surface area (Å²) in [6.07, 6.45) is 1.16. The molecule has 0 unspecified atom stereocenters. The number of sulfone groups is 1. The number of rotatable bonds is 4. The van der Waals surface area contributed by atoms with Crippen molar-refractivity contribution in [1.29, 1.82) is 0 Å². The zero-order valence-electron chi connectivity index (χ0n) is 15.0. The molecule has 28 heavy (non-hydrogen) atoms. The minimum atomic E-state index is -3.20. The van der Waals surface area contributed by atoms with Crippen LogP contribution in [0, 0.1) is 4.77 Å². The highest BCUT2D eigenvalue weighted by molar-refractivity contribution is 7.89. The number of nitrogens with zero attached hydrogens (tertiary/aromatic N) is 2. The van der Waals surface area contributed by atoms with E-state index >= 15 is 0 Å². The standard InChI is InChI=1S/C20H17N3O3S2/c1-28(25,26)12-13-9-10-16(18(24)11-13)19-21-22-20(27)23(19)17-8-4-6-14-5-2-3-7-15(14)17/h2-11,24H,12H2,1H3,(H,22,27). The van der Waals surface area contributed by atoms with Crippen molar-refractivity contribution in [3.63, 3.8) is 0 Å². The molecule has 0 spiro atoms. The molecule has 0 aliphatic heterocycles. The van der Waals surface area contributed by atoms with E-state index in [-0.39, 0.29) is 11.5 Å². The summed E-state index contributed by atoms with van der Waals surface area (Å²) in [6, 6.07) is 18.6. The van der Waals surface area contributed by atoms with Crippen molar-refractivity contribution in [2.75, 3.05) is 6.26 Å². The molecule has 6 nitrogen and oxygen atoms in total. The Bertz CT molecular complexity index is 1350. The first kappa shape index (κ1) is 18.4. The van der Waals surface area contributed by atoms with E-state index in [1.54, 1.807) is 16.7 Å². The van der Waals surface area contributed by atoms with Gasteiger partial charge in [0, 0.05) is 11.6 Å². The topological polar surface area (TPSA) is 88.0 Å². The van der Waals surface area contributed by atoms with Crippen LogP contribution in [0.2, 0.25) is 0 Å². The van der Waals surface area contributed by atoms with Gasteiger partial charge in [0.25, 0.3) is 0 Å². The average Bonchev–Trinajstić information content (AvgIpc) is 3.01. The van der Waals surface area contributed by atoms with E-state index in [4.69, 9.17) is 12.2 Å². The third-order valence-electron chi connectivity index (χ3n) is 4.41. The average molecular weight is 412 g/mol. The number of aromatic nitrogens is 3. The number of aromatic amines is 1. The fraction of sp³-hybridized carbons (Fsp3) is 0.100. The lowest BCUT2D eigenvalue weighted by atomic mass is 10.1. The smallest absolute Gasteiger partial charge is 0.200 e. The zero-order valence-corrected chi connectivity index (χ0v) is 16.6. The Kier molecular flexibility index (Phi) is 4.52. The molecule has 0 aliphatic rings. The molecule has 2 N–H and O–H groups in total. The van der Waals surface area contributed by atoms with Gasteiger partial charge < -0.3 is 5.11 Å². The quantitative estimate of drug-likeness (QED) is 0.496. The van der Waals surface area contributed by atoms with Gasteiger partial charge in [-0.05, 0) is 41.4 Å². The molecular formula is C20H17N3O3S2. The van der Waals surface area contributed by atoms with Crippen LogP contribution in [0.1, 0.15) is 5.56 Å². The van der Waals surface area contributed by atoms with Crippen molar-refractivity contribution in [2.45, 2.75) is 5.75 Å². The molecule has 0 amide bonds. The minimum Gasteiger partial charge on any atom is -0.507 e. The van der Waals surface area contributed by atoms with Gasteiger partial charge >= 0.3 is 0 Å². The molecule has 4 aromatic rings. The SMILES string of the molecule is CS(=O)(=O)Cc1ccc(-c2n[nH]c(=S)n2-c2cccc3ccccc23)c(O)c1. The molecule has 0 saturated heterocycles. The van der Waals surface area contributed by atoms with E-state index in [2.05, 4.69) is 10.2 Å². The van der Waals surface area contributed by atoms with Gasteiger partial charge in [-0.1, -0.05) is 42.5 Å². The highest BCUT2D eigenvalue weighted by Crippen LogP contribution is 2.32. The van der Waals surface area contributed by atoms with E-state index < -0.39 is 9.84 Å². The first-order valence-electron chi connectivity index (χ1n) is 8.49. The molecule has 4 rings (SSSR count). The fourth-order valence-corrected chi connectivity index (χ4v) is 4.28. The van der Waals surface area contributed by atoms with Gasteiger partial charge in [-0.2, -0.15) is 5.10 Å². The molecule has 1 aromatic heterocycles. The summed E-state index contributed by atoms with van der Waals surface area (Å²) in [7, 11) is -3.20. The normalized spacial score (nSPS) is 11.8. The molecule has 1 heterocycles. The van der Waals surface area contributed by atoms with E-state index in [0.29, 0.717) is 21.7 Å². The Morgan fingerprint density at radius 2 is 1.86 bits per heavy atom. The third kappa shape index (κ3) is 3.44. The van der Waals surface area contributed by atoms with Gasteiger partial charge in [-0.3, -0.25) is 9.67 Å². The van der Waals surface area contributed by atoms with Gasteiger partial charge in [0.05, 0.1) is 17.0 Å². The van der Waals surface area contributed by atoms with Gasteiger partial charge in [-0.25, -0.2) is 8.42 Å². The van der Waals surface area contributed by atoms with Crippen molar-refractivity contribution < 1.29 is 13.5 Å². The predicted molar refractivity (Wildman–Crippen MR) is 112 cm³/mol. The molecule has 142 valence electrons. The van der Waals surface area contributed by atoms with Crippen LogP contribution < -0.4 is 0 Å². The number of hydrogen-bond acceptors (Lipinski definition) is 5. The Hall–Kier alpha value is -2.97. The molecular weight excluding hydrogens is 394 g/mol. The van der Waals surface area contributed by atoms with Crippen molar-refractivity contribution in [3.05, 3.63) is 71.0 Å². The summed E-state index contributed by atoms with van der Waals surface area (Å²) >= 11 is 5.44. The number of phenols is 1. The van der Waals surface area contributed by atoms with Crippen molar-refractivity contribution in [2.24, 2.45) is 0 Å². The third-order valence-corrected chi connectivity index (χ3v) is 5.54. The number of nitrogens with one attached hydrogen (secondary N) is 1. The lowest BCUT2D eigenvalue weighted by Crippen LogP contribution is -2.02. The molecule has 3 aromatic carbocycles. The number of benzene rings is 3. The molecule has 0 aliphatic carbocycles. The molecule has 0 saturated carbocycles. The van der Waals surface area contributed by atoms with E-state index in [1.807, 2.05) is 42.5 Å². The van der Waals surface area contributed by atoms with Gasteiger partial charge in [0.15, 0.2) is 20.4 Å². The zero-order chi connectivity index (χ0) is 19.9. The van der Waals surface area contributed by atoms with Gasteiger partial charge in [0.2, 0.25) is 0 Å². The van der Waals surface area contributed by atoms with Crippen molar-refractivity contribution in [1.82, 2.24) is 14.8 Å². The molecule has 0 bridgehead atoms. The molecule has 8 heteroatoms. The second kappa shape index (κ2) is 6.88. The number of hydrogen-bond donors (Lipinski definition) is 2. The molecule has 0 atom stereocenters. The Balaban J connectivity index is 1.89. The molecule has 0 fully saturated rings. The highest BCUT2D eigenvalue weighted by Gasteiger charge is 2.17. The predicted octanol–water partition coefficient (Wildman–Crippen LogP) is 4.00. The lowest BCUT2D eigenvalue weighted by Gasteiger charge is -2.12. The van der Waals surface area contributed by atoms with E-state index in [0.717, 1.165) is 22.7 Å². The first-order valence-corrected chi connectivity index (χ1v) is 11.0. The largest absolute Gasteiger partial charge is 0.507 e. The van der Waals surface area contributed by atoms with Crippen LogP contribution in [0.15, 0.2) is 60.7 Å². The van der Waals surface area contributed by atoms with Crippen LogP contribution in [0.25, 0.3) is 27.8 Å². The number of fused-ring (bicyclic) bond motifs is 1. The van der Waals surface area contributed by atoms with Crippen LogP contribution in [0.4, 0.5) is 0 Å². The monoisotopic (exact) mass is 411 g/mol. The maximum absolute atomic E-state index is 11.5.